The summed E-state index contributed by atoms with van der Waals surface area (Å²) >= 11 is 0. The van der Waals surface area contributed by atoms with Crippen LogP contribution in [0.4, 0.5) is 5.69 Å². The number of quaternary nitrogens is 1. The van der Waals surface area contributed by atoms with Crippen molar-refractivity contribution in [2.45, 2.75) is 52.0 Å². The number of anilines is 1. The fraction of sp³-hybridized carbons (Fsp3) is 0.600. The first-order valence-corrected chi connectivity index (χ1v) is 9.43. The van der Waals surface area contributed by atoms with Crippen LogP contribution in [0.1, 0.15) is 44.6 Å². The summed E-state index contributed by atoms with van der Waals surface area (Å²) in [6, 6.07) is 7.58. The molecule has 138 valence electrons. The topological polar surface area (TPSA) is 53.9 Å². The lowest BCUT2D eigenvalue weighted by Crippen LogP contribution is -3.16. The molecule has 1 aromatic carbocycles. The average molecular weight is 346 g/mol. The third kappa shape index (κ3) is 6.16. The largest absolute Gasteiger partial charge is 0.331 e. The van der Waals surface area contributed by atoms with Crippen molar-refractivity contribution in [2.75, 3.05) is 32.0 Å². The molecule has 1 aliphatic rings. The predicted molar refractivity (Wildman–Crippen MR) is 101 cm³/mol. The second-order valence-corrected chi connectivity index (χ2v) is 7.26. The van der Waals surface area contributed by atoms with Crippen molar-refractivity contribution in [3.05, 3.63) is 29.8 Å². The molecule has 0 aromatic heterocycles. The molecule has 1 heterocycles. The van der Waals surface area contributed by atoms with Crippen LogP contribution in [0.2, 0.25) is 0 Å². The fourth-order valence-corrected chi connectivity index (χ4v) is 3.43. The highest BCUT2D eigenvalue weighted by Gasteiger charge is 2.28. The Morgan fingerprint density at radius 1 is 1.08 bits per heavy atom. The molecule has 1 fully saturated rings. The van der Waals surface area contributed by atoms with E-state index in [-0.39, 0.29) is 24.4 Å². The molecule has 25 heavy (non-hydrogen) atoms. The molecular weight excluding hydrogens is 314 g/mol. The van der Waals surface area contributed by atoms with Gasteiger partial charge in [0.15, 0.2) is 6.04 Å². The van der Waals surface area contributed by atoms with Gasteiger partial charge in [-0.15, -0.1) is 0 Å². The van der Waals surface area contributed by atoms with Crippen LogP contribution in [-0.2, 0) is 9.59 Å². The van der Waals surface area contributed by atoms with Crippen molar-refractivity contribution in [1.29, 1.82) is 0 Å². The van der Waals surface area contributed by atoms with Crippen LogP contribution in [0.15, 0.2) is 24.3 Å². The lowest BCUT2D eigenvalue weighted by atomic mass is 10.1. The highest BCUT2D eigenvalue weighted by Crippen LogP contribution is 2.08. The second-order valence-electron chi connectivity index (χ2n) is 7.26. The van der Waals surface area contributed by atoms with E-state index in [0.29, 0.717) is 0 Å². The minimum atomic E-state index is -0.158. The number of aryl methyl sites for hydroxylation is 1. The Bertz CT molecular complexity index is 563. The molecule has 1 aliphatic heterocycles. The maximum atomic E-state index is 12.7. The molecule has 0 bridgehead atoms. The average Bonchev–Trinajstić information content (AvgIpc) is 2.55. The summed E-state index contributed by atoms with van der Waals surface area (Å²) in [5.41, 5.74) is 1.91. The van der Waals surface area contributed by atoms with Gasteiger partial charge in [-0.25, -0.2) is 0 Å². The minimum absolute atomic E-state index is 0.0506. The number of likely N-dealkylation sites (tertiary alicyclic amines) is 1. The van der Waals surface area contributed by atoms with Crippen molar-refractivity contribution in [3.8, 4) is 0 Å². The molecule has 0 radical (unpaired) electrons. The molecular formula is C20H32N3O2+. The summed E-state index contributed by atoms with van der Waals surface area (Å²) in [5, 5.41) is 2.85. The summed E-state index contributed by atoms with van der Waals surface area (Å²) in [6.45, 7) is 6.19. The second kappa shape index (κ2) is 9.56. The van der Waals surface area contributed by atoms with Gasteiger partial charge >= 0.3 is 0 Å². The highest BCUT2D eigenvalue weighted by molar-refractivity contribution is 5.94. The van der Waals surface area contributed by atoms with E-state index in [1.54, 1.807) is 11.9 Å². The molecule has 0 unspecified atom stereocenters. The van der Waals surface area contributed by atoms with Gasteiger partial charge in [-0.1, -0.05) is 24.1 Å². The minimum Gasteiger partial charge on any atom is -0.331 e. The van der Waals surface area contributed by atoms with Crippen LogP contribution in [0, 0.1) is 6.92 Å². The first-order valence-electron chi connectivity index (χ1n) is 9.43. The zero-order valence-corrected chi connectivity index (χ0v) is 15.8. The monoisotopic (exact) mass is 346 g/mol. The number of benzene rings is 1. The number of likely N-dealkylation sites (N-methyl/N-ethyl adjacent to an activating group) is 1. The van der Waals surface area contributed by atoms with E-state index in [1.807, 2.05) is 38.1 Å². The Balaban J connectivity index is 1.85. The van der Waals surface area contributed by atoms with E-state index < -0.39 is 0 Å². The summed E-state index contributed by atoms with van der Waals surface area (Å²) in [4.78, 5) is 27.8. The van der Waals surface area contributed by atoms with Gasteiger partial charge in [0, 0.05) is 12.7 Å². The van der Waals surface area contributed by atoms with Crippen molar-refractivity contribution < 1.29 is 14.5 Å². The first kappa shape index (κ1) is 19.4. The highest BCUT2D eigenvalue weighted by atomic mass is 16.2. The zero-order valence-electron chi connectivity index (χ0n) is 15.8. The van der Waals surface area contributed by atoms with Crippen LogP contribution in [0.5, 0.6) is 0 Å². The van der Waals surface area contributed by atoms with Gasteiger partial charge in [-0.3, -0.25) is 9.59 Å². The molecule has 0 aliphatic carbocycles. The number of nitrogens with zero attached hydrogens (tertiary/aromatic N) is 1. The molecule has 2 rings (SSSR count). The van der Waals surface area contributed by atoms with E-state index in [4.69, 9.17) is 0 Å². The fourth-order valence-electron chi connectivity index (χ4n) is 3.43. The molecule has 1 aromatic rings. The van der Waals surface area contributed by atoms with E-state index in [9.17, 15) is 9.59 Å². The quantitative estimate of drug-likeness (QED) is 0.851. The van der Waals surface area contributed by atoms with Gasteiger partial charge in [0.1, 0.15) is 0 Å². The normalized spacial score (nSPS) is 17.2. The zero-order chi connectivity index (χ0) is 18.2. The number of hydrogen-bond donors (Lipinski definition) is 2. The molecule has 5 nitrogen and oxygen atoms in total. The summed E-state index contributed by atoms with van der Waals surface area (Å²) < 4.78 is 0. The van der Waals surface area contributed by atoms with Crippen LogP contribution >= 0.6 is 0 Å². The van der Waals surface area contributed by atoms with Crippen LogP contribution in [0.3, 0.4) is 0 Å². The number of hydrogen-bond acceptors (Lipinski definition) is 2. The van der Waals surface area contributed by atoms with E-state index in [1.165, 1.54) is 37.0 Å². The Kier molecular flexibility index (Phi) is 7.44. The number of rotatable bonds is 5. The number of carbonyl (C=O) groups excluding carboxylic acids is 2. The van der Waals surface area contributed by atoms with Gasteiger partial charge in [-0.2, -0.15) is 0 Å². The summed E-state index contributed by atoms with van der Waals surface area (Å²) in [7, 11) is 1.72. The Morgan fingerprint density at radius 2 is 1.64 bits per heavy atom. The van der Waals surface area contributed by atoms with Crippen LogP contribution in [-0.4, -0.2) is 49.4 Å². The van der Waals surface area contributed by atoms with Crippen molar-refractivity contribution in [2.24, 2.45) is 0 Å². The molecule has 0 spiro atoms. The SMILES string of the molecule is Cc1ccc(NC(=O)CN(C)C(=O)[C@@H](C)[NH+]2CCCCCCC2)cc1. The summed E-state index contributed by atoms with van der Waals surface area (Å²) in [6.07, 6.45) is 6.21. The van der Waals surface area contributed by atoms with Crippen molar-refractivity contribution in [1.82, 2.24) is 4.90 Å². The van der Waals surface area contributed by atoms with E-state index >= 15 is 0 Å². The first-order chi connectivity index (χ1) is 12.0. The maximum Gasteiger partial charge on any atom is 0.280 e. The molecule has 1 saturated heterocycles. The number of nitrogens with one attached hydrogen (secondary N) is 2. The third-order valence-corrected chi connectivity index (χ3v) is 5.07. The smallest absolute Gasteiger partial charge is 0.280 e. The number of carbonyl (C=O) groups is 2. The lowest BCUT2D eigenvalue weighted by molar-refractivity contribution is -0.915. The van der Waals surface area contributed by atoms with Crippen LogP contribution < -0.4 is 10.2 Å². The maximum absolute atomic E-state index is 12.7. The van der Waals surface area contributed by atoms with Gasteiger partial charge in [0.05, 0.1) is 19.6 Å². The third-order valence-electron chi connectivity index (χ3n) is 5.07. The molecule has 2 amide bonds. The van der Waals surface area contributed by atoms with Gasteiger partial charge < -0.3 is 15.1 Å². The van der Waals surface area contributed by atoms with Crippen LogP contribution in [0.25, 0.3) is 0 Å². The molecule has 2 N–H and O–H groups in total. The number of amides is 2. The Labute approximate surface area is 151 Å². The predicted octanol–water partition coefficient (Wildman–Crippen LogP) is 1.63. The lowest BCUT2D eigenvalue weighted by Gasteiger charge is -2.29. The molecule has 1 atom stereocenters. The van der Waals surface area contributed by atoms with Gasteiger partial charge in [-0.05, 0) is 51.7 Å². The van der Waals surface area contributed by atoms with E-state index in [0.717, 1.165) is 24.3 Å². The Morgan fingerprint density at radius 3 is 2.24 bits per heavy atom. The molecule has 0 saturated carbocycles. The standard InChI is InChI=1S/C20H31N3O2/c1-16-9-11-18(12-10-16)21-19(24)15-22(3)20(25)17(2)23-13-7-5-4-6-8-14-23/h9-12,17H,4-8,13-15H2,1-3H3,(H,21,24)/p+1/t17-/m1/s1. The Hall–Kier alpha value is -1.88. The molecule has 5 heteroatoms. The van der Waals surface area contributed by atoms with Gasteiger partial charge in [0.25, 0.3) is 5.91 Å². The van der Waals surface area contributed by atoms with Gasteiger partial charge in [0.2, 0.25) is 5.91 Å². The van der Waals surface area contributed by atoms with Crippen molar-refractivity contribution in [3.63, 3.8) is 0 Å². The summed E-state index contributed by atoms with van der Waals surface area (Å²) in [5.74, 6) is -0.107. The van der Waals surface area contributed by atoms with E-state index in [2.05, 4.69) is 5.32 Å². The van der Waals surface area contributed by atoms with Crippen molar-refractivity contribution >= 4 is 17.5 Å².